The summed E-state index contributed by atoms with van der Waals surface area (Å²) >= 11 is 5.86. The van der Waals surface area contributed by atoms with E-state index in [1.54, 1.807) is 0 Å². The van der Waals surface area contributed by atoms with Gasteiger partial charge in [0.15, 0.2) is 0 Å². The third-order valence-electron chi connectivity index (χ3n) is 3.40. The van der Waals surface area contributed by atoms with Gasteiger partial charge in [-0.25, -0.2) is 0 Å². The zero-order chi connectivity index (χ0) is 13.2. The smallest absolute Gasteiger partial charge is 0.230 e. The highest BCUT2D eigenvalue weighted by atomic mass is 35.5. The molecular weight excluding hydrogens is 250 g/mol. The molecule has 1 unspecified atom stereocenters. The van der Waals surface area contributed by atoms with E-state index in [0.717, 1.165) is 18.6 Å². The highest BCUT2D eigenvalue weighted by Gasteiger charge is 2.31. The van der Waals surface area contributed by atoms with E-state index >= 15 is 0 Å². The fraction of sp³-hybridized carbons (Fsp3) is 0.500. The van der Waals surface area contributed by atoms with E-state index in [1.807, 2.05) is 38.1 Å². The minimum absolute atomic E-state index is 0.0281. The number of benzene rings is 1. The van der Waals surface area contributed by atoms with E-state index in [1.165, 1.54) is 0 Å². The van der Waals surface area contributed by atoms with Gasteiger partial charge in [0, 0.05) is 11.6 Å². The molecular formula is C14H18ClNO2. The zero-order valence-corrected chi connectivity index (χ0v) is 11.5. The first-order valence-corrected chi connectivity index (χ1v) is 6.52. The molecule has 1 atom stereocenters. The number of carbonyl (C=O) groups is 1. The van der Waals surface area contributed by atoms with E-state index < -0.39 is 5.41 Å². The quantitative estimate of drug-likeness (QED) is 0.914. The maximum Gasteiger partial charge on any atom is 0.230 e. The van der Waals surface area contributed by atoms with Crippen molar-refractivity contribution in [2.75, 3.05) is 13.2 Å². The third kappa shape index (κ3) is 2.85. The van der Waals surface area contributed by atoms with Crippen molar-refractivity contribution in [3.05, 3.63) is 34.9 Å². The molecule has 1 aromatic rings. The fourth-order valence-electron chi connectivity index (χ4n) is 2.01. The molecule has 0 saturated carbocycles. The van der Waals surface area contributed by atoms with Gasteiger partial charge in [-0.05, 0) is 38.0 Å². The van der Waals surface area contributed by atoms with Crippen molar-refractivity contribution in [3.63, 3.8) is 0 Å². The second-order valence-corrected chi connectivity index (χ2v) is 5.60. The van der Waals surface area contributed by atoms with Crippen molar-refractivity contribution >= 4 is 17.5 Å². The van der Waals surface area contributed by atoms with Gasteiger partial charge in [0.25, 0.3) is 0 Å². The van der Waals surface area contributed by atoms with Crippen molar-refractivity contribution in [2.24, 2.45) is 0 Å². The van der Waals surface area contributed by atoms with Crippen LogP contribution >= 0.6 is 11.6 Å². The zero-order valence-electron chi connectivity index (χ0n) is 10.7. The average molecular weight is 268 g/mol. The predicted octanol–water partition coefficient (Wildman–Crippen LogP) is 2.52. The Morgan fingerprint density at radius 1 is 1.39 bits per heavy atom. The summed E-state index contributed by atoms with van der Waals surface area (Å²) in [5.74, 6) is 0.0281. The van der Waals surface area contributed by atoms with Crippen molar-refractivity contribution in [3.8, 4) is 0 Å². The van der Waals surface area contributed by atoms with Crippen LogP contribution in [-0.2, 0) is 14.9 Å². The first-order valence-electron chi connectivity index (χ1n) is 6.15. The number of rotatable bonds is 3. The summed E-state index contributed by atoms with van der Waals surface area (Å²) in [6, 6.07) is 7.55. The lowest BCUT2D eigenvalue weighted by Crippen LogP contribution is -2.45. The van der Waals surface area contributed by atoms with Crippen molar-refractivity contribution in [1.29, 1.82) is 0 Å². The molecule has 1 amide bonds. The van der Waals surface area contributed by atoms with Crippen LogP contribution in [0.25, 0.3) is 0 Å². The maximum absolute atomic E-state index is 12.3. The Bertz CT molecular complexity index is 422. The molecule has 1 aromatic carbocycles. The average Bonchev–Trinajstić information content (AvgIpc) is 2.82. The Kier molecular flexibility index (Phi) is 3.93. The van der Waals surface area contributed by atoms with Crippen molar-refractivity contribution in [2.45, 2.75) is 31.7 Å². The molecule has 2 rings (SSSR count). The molecule has 98 valence electrons. The first-order chi connectivity index (χ1) is 8.50. The molecule has 1 aliphatic rings. The Morgan fingerprint density at radius 2 is 2.06 bits per heavy atom. The molecule has 3 nitrogen and oxygen atoms in total. The number of nitrogens with one attached hydrogen (secondary N) is 1. The SMILES string of the molecule is CC(C)(C(=O)NC1CCOC1)c1ccc(Cl)cc1. The monoisotopic (exact) mass is 267 g/mol. The summed E-state index contributed by atoms with van der Waals surface area (Å²) in [6.45, 7) is 5.18. The van der Waals surface area contributed by atoms with Gasteiger partial charge in [0.2, 0.25) is 5.91 Å². The van der Waals surface area contributed by atoms with Crippen LogP contribution in [0.4, 0.5) is 0 Å². The molecule has 0 bridgehead atoms. The molecule has 0 aliphatic carbocycles. The summed E-state index contributed by atoms with van der Waals surface area (Å²) in [4.78, 5) is 12.3. The van der Waals surface area contributed by atoms with Crippen LogP contribution < -0.4 is 5.32 Å². The predicted molar refractivity (Wildman–Crippen MR) is 71.8 cm³/mol. The molecule has 1 heterocycles. The molecule has 1 saturated heterocycles. The largest absolute Gasteiger partial charge is 0.379 e. The highest BCUT2D eigenvalue weighted by Crippen LogP contribution is 2.25. The summed E-state index contributed by atoms with van der Waals surface area (Å²) < 4.78 is 5.26. The van der Waals surface area contributed by atoms with Crippen LogP contribution in [0.1, 0.15) is 25.8 Å². The van der Waals surface area contributed by atoms with E-state index in [-0.39, 0.29) is 11.9 Å². The van der Waals surface area contributed by atoms with Crippen molar-refractivity contribution in [1.82, 2.24) is 5.32 Å². The molecule has 18 heavy (non-hydrogen) atoms. The maximum atomic E-state index is 12.3. The van der Waals surface area contributed by atoms with Gasteiger partial charge in [-0.1, -0.05) is 23.7 Å². The number of ether oxygens (including phenoxy) is 1. The van der Waals surface area contributed by atoms with Crippen LogP contribution in [-0.4, -0.2) is 25.2 Å². The number of hydrogen-bond donors (Lipinski definition) is 1. The Hall–Kier alpha value is -1.06. The molecule has 1 aliphatic heterocycles. The number of amides is 1. The van der Waals surface area contributed by atoms with E-state index in [9.17, 15) is 4.79 Å². The van der Waals surface area contributed by atoms with Gasteiger partial charge in [-0.15, -0.1) is 0 Å². The Morgan fingerprint density at radius 3 is 2.61 bits per heavy atom. The van der Waals surface area contributed by atoms with Gasteiger partial charge in [0.05, 0.1) is 18.1 Å². The minimum atomic E-state index is -0.562. The Balaban J connectivity index is 2.08. The summed E-state index contributed by atoms with van der Waals surface area (Å²) in [7, 11) is 0. The van der Waals surface area contributed by atoms with E-state index in [0.29, 0.717) is 11.6 Å². The second kappa shape index (κ2) is 5.29. The molecule has 4 heteroatoms. The minimum Gasteiger partial charge on any atom is -0.379 e. The van der Waals surface area contributed by atoms with Gasteiger partial charge in [-0.2, -0.15) is 0 Å². The van der Waals surface area contributed by atoms with Gasteiger partial charge >= 0.3 is 0 Å². The van der Waals surface area contributed by atoms with E-state index in [2.05, 4.69) is 5.32 Å². The fourth-order valence-corrected chi connectivity index (χ4v) is 2.14. The normalized spacial score (nSPS) is 19.8. The van der Waals surface area contributed by atoms with Crippen LogP contribution in [0.15, 0.2) is 24.3 Å². The highest BCUT2D eigenvalue weighted by molar-refractivity contribution is 6.30. The first kappa shape index (κ1) is 13.4. The van der Waals surface area contributed by atoms with E-state index in [4.69, 9.17) is 16.3 Å². The van der Waals surface area contributed by atoms with Crippen LogP contribution in [0, 0.1) is 0 Å². The third-order valence-corrected chi connectivity index (χ3v) is 3.65. The van der Waals surface area contributed by atoms with Crippen LogP contribution in [0.3, 0.4) is 0 Å². The number of hydrogen-bond acceptors (Lipinski definition) is 2. The molecule has 0 spiro atoms. The summed E-state index contributed by atoms with van der Waals surface area (Å²) in [6.07, 6.45) is 0.891. The van der Waals surface area contributed by atoms with Crippen LogP contribution in [0.2, 0.25) is 5.02 Å². The lowest BCUT2D eigenvalue weighted by molar-refractivity contribution is -0.126. The molecule has 1 N–H and O–H groups in total. The second-order valence-electron chi connectivity index (χ2n) is 5.17. The number of halogens is 1. The lowest BCUT2D eigenvalue weighted by Gasteiger charge is -2.26. The number of carbonyl (C=O) groups excluding carboxylic acids is 1. The van der Waals surface area contributed by atoms with Gasteiger partial charge in [0.1, 0.15) is 0 Å². The molecule has 1 fully saturated rings. The molecule has 0 radical (unpaired) electrons. The van der Waals surface area contributed by atoms with Crippen LogP contribution in [0.5, 0.6) is 0 Å². The standard InChI is InChI=1S/C14H18ClNO2/c1-14(2,10-3-5-11(15)6-4-10)13(17)16-12-7-8-18-9-12/h3-6,12H,7-9H2,1-2H3,(H,16,17). The van der Waals surface area contributed by atoms with Gasteiger partial charge in [-0.3, -0.25) is 4.79 Å². The van der Waals surface area contributed by atoms with Crippen molar-refractivity contribution < 1.29 is 9.53 Å². The summed E-state index contributed by atoms with van der Waals surface area (Å²) in [5.41, 5.74) is 0.399. The topological polar surface area (TPSA) is 38.3 Å². The van der Waals surface area contributed by atoms with Gasteiger partial charge < -0.3 is 10.1 Å². The Labute approximate surface area is 112 Å². The molecule has 0 aromatic heterocycles. The summed E-state index contributed by atoms with van der Waals surface area (Å²) in [5, 5.41) is 3.72. The lowest BCUT2D eigenvalue weighted by atomic mass is 9.83.